The number of nitrogens with one attached hydrogen (secondary N) is 2. The van der Waals surface area contributed by atoms with E-state index in [0.717, 1.165) is 5.56 Å². The summed E-state index contributed by atoms with van der Waals surface area (Å²) < 4.78 is 27.8. The molecule has 48 heavy (non-hydrogen) atoms. The van der Waals surface area contributed by atoms with Crippen molar-refractivity contribution in [2.75, 3.05) is 26.2 Å². The highest BCUT2D eigenvalue weighted by atomic mass is 35.5. The summed E-state index contributed by atoms with van der Waals surface area (Å²) in [5, 5.41) is 5.55. The number of amides is 3. The van der Waals surface area contributed by atoms with Crippen LogP contribution in [0.25, 0.3) is 0 Å². The van der Waals surface area contributed by atoms with Gasteiger partial charge in [0, 0.05) is 38.2 Å². The third-order valence-corrected chi connectivity index (χ3v) is 9.80. The minimum atomic E-state index is -3.73. The van der Waals surface area contributed by atoms with E-state index >= 15 is 0 Å². The number of carbonyl (C=O) groups is 4. The summed E-state index contributed by atoms with van der Waals surface area (Å²) in [6.45, 7) is 5.24. The number of nitrogens with zero attached hydrogens (tertiary/aromatic N) is 3. The Morgan fingerprint density at radius 1 is 1.02 bits per heavy atom. The van der Waals surface area contributed by atoms with Crippen molar-refractivity contribution >= 4 is 52.4 Å². The number of carbonyl (C=O) groups excluding carboxylic acids is 4. The summed E-state index contributed by atoms with van der Waals surface area (Å²) in [5.41, 5.74) is 11.7. The van der Waals surface area contributed by atoms with Gasteiger partial charge in [-0.2, -0.15) is 4.31 Å². The van der Waals surface area contributed by atoms with Gasteiger partial charge >= 0.3 is 0 Å². The predicted octanol–water partition coefficient (Wildman–Crippen LogP) is 1.99. The number of likely N-dealkylation sites (tertiary alicyclic amines) is 1. The minimum Gasteiger partial charge on any atom is -0.370 e. The maximum absolute atomic E-state index is 14.0. The zero-order valence-electron chi connectivity index (χ0n) is 27.5. The molecule has 3 atom stereocenters. The average molecular weight is 706 g/mol. The lowest BCUT2D eigenvalue weighted by atomic mass is 10.0. The number of sulfonamides is 1. The van der Waals surface area contributed by atoms with Crippen LogP contribution in [0.5, 0.6) is 0 Å². The van der Waals surface area contributed by atoms with Crippen molar-refractivity contribution in [2.45, 2.75) is 81.8 Å². The minimum absolute atomic E-state index is 0. The number of aldehydes is 1. The van der Waals surface area contributed by atoms with Gasteiger partial charge in [0.2, 0.25) is 21.8 Å². The Bertz CT molecular complexity index is 1480. The van der Waals surface area contributed by atoms with Gasteiger partial charge in [0.05, 0.1) is 10.9 Å². The van der Waals surface area contributed by atoms with E-state index in [2.05, 4.69) is 15.6 Å². The van der Waals surface area contributed by atoms with Gasteiger partial charge in [-0.15, -0.1) is 12.4 Å². The van der Waals surface area contributed by atoms with E-state index in [1.54, 1.807) is 0 Å². The quantitative estimate of drug-likeness (QED) is 0.0781. The molecule has 2 aromatic rings. The lowest BCUT2D eigenvalue weighted by Crippen LogP contribution is -2.55. The third kappa shape index (κ3) is 11.3. The lowest BCUT2D eigenvalue weighted by Gasteiger charge is -2.29. The van der Waals surface area contributed by atoms with E-state index in [1.165, 1.54) is 33.5 Å². The first kappa shape index (κ1) is 40.2. The van der Waals surface area contributed by atoms with Crippen LogP contribution in [0, 0.1) is 0 Å². The molecule has 1 fully saturated rings. The molecule has 0 bridgehead atoms. The Balaban J connectivity index is 0.00000800. The van der Waals surface area contributed by atoms with Crippen molar-refractivity contribution in [2.24, 2.45) is 16.5 Å². The largest absolute Gasteiger partial charge is 0.370 e. The third-order valence-electron chi connectivity index (χ3n) is 7.88. The topological polar surface area (TPSA) is 197 Å². The van der Waals surface area contributed by atoms with Gasteiger partial charge in [-0.05, 0) is 68.4 Å². The molecular formula is C33H48ClN7O6S. The summed E-state index contributed by atoms with van der Waals surface area (Å²) in [4.78, 5) is 57.8. The first-order chi connectivity index (χ1) is 22.5. The lowest BCUT2D eigenvalue weighted by molar-refractivity contribution is -0.140. The fourth-order valence-electron chi connectivity index (χ4n) is 5.55. The first-order valence-electron chi connectivity index (χ1n) is 16.1. The SMILES string of the molecule is CCCN(CCC)S(=O)(=O)c1ccc(C(=O)N[C@H](Cc2ccccc2)C(=O)N2CCC[C@H]2C(=O)N[C@H](C=O)CCCN=C(N)N)cc1.Cl. The highest BCUT2D eigenvalue weighted by molar-refractivity contribution is 7.89. The Morgan fingerprint density at radius 2 is 1.67 bits per heavy atom. The van der Waals surface area contributed by atoms with Crippen molar-refractivity contribution in [3.63, 3.8) is 0 Å². The van der Waals surface area contributed by atoms with Gasteiger partial charge in [0.25, 0.3) is 5.91 Å². The number of aliphatic imine (C=N–C) groups is 1. The second-order valence-corrected chi connectivity index (χ2v) is 13.5. The molecule has 1 aliphatic rings. The second-order valence-electron chi connectivity index (χ2n) is 11.5. The number of hydrogen-bond donors (Lipinski definition) is 4. The highest BCUT2D eigenvalue weighted by Crippen LogP contribution is 2.21. The second kappa shape index (κ2) is 19.7. The maximum Gasteiger partial charge on any atom is 0.251 e. The number of hydrogen-bond acceptors (Lipinski definition) is 7. The molecule has 3 amide bonds. The summed E-state index contributed by atoms with van der Waals surface area (Å²) in [5.74, 6) is -1.48. The molecule has 1 heterocycles. The van der Waals surface area contributed by atoms with Crippen molar-refractivity contribution in [1.82, 2.24) is 19.8 Å². The van der Waals surface area contributed by atoms with Gasteiger partial charge in [-0.25, -0.2) is 8.42 Å². The molecule has 0 unspecified atom stereocenters. The smallest absolute Gasteiger partial charge is 0.251 e. The Kier molecular flexibility index (Phi) is 16.5. The number of nitrogens with two attached hydrogens (primary N) is 2. The number of guanidine groups is 1. The molecule has 2 aromatic carbocycles. The fraction of sp³-hybridized carbons (Fsp3) is 0.485. The van der Waals surface area contributed by atoms with Crippen LogP contribution >= 0.6 is 12.4 Å². The van der Waals surface area contributed by atoms with Crippen LogP contribution in [-0.4, -0.2) is 91.9 Å². The van der Waals surface area contributed by atoms with Crippen molar-refractivity contribution < 1.29 is 27.6 Å². The van der Waals surface area contributed by atoms with E-state index in [4.69, 9.17) is 11.5 Å². The zero-order valence-corrected chi connectivity index (χ0v) is 29.2. The number of benzene rings is 2. The molecule has 6 N–H and O–H groups in total. The molecular weight excluding hydrogens is 658 g/mol. The molecule has 1 saturated heterocycles. The predicted molar refractivity (Wildman–Crippen MR) is 187 cm³/mol. The molecule has 0 aliphatic carbocycles. The van der Waals surface area contributed by atoms with Crippen LogP contribution in [0.1, 0.15) is 68.3 Å². The summed E-state index contributed by atoms with van der Waals surface area (Å²) in [7, 11) is -3.73. The maximum atomic E-state index is 14.0. The summed E-state index contributed by atoms with van der Waals surface area (Å²) in [6.07, 6.45) is 3.96. The van der Waals surface area contributed by atoms with Crippen LogP contribution in [0.2, 0.25) is 0 Å². The molecule has 3 rings (SSSR count). The Hall–Kier alpha value is -4.01. The molecule has 0 radical (unpaired) electrons. The van der Waals surface area contributed by atoms with E-state index in [9.17, 15) is 27.6 Å². The van der Waals surface area contributed by atoms with E-state index in [-0.39, 0.29) is 35.2 Å². The monoisotopic (exact) mass is 705 g/mol. The molecule has 15 heteroatoms. The van der Waals surface area contributed by atoms with Gasteiger partial charge in [0.1, 0.15) is 18.4 Å². The average Bonchev–Trinajstić information content (AvgIpc) is 3.56. The van der Waals surface area contributed by atoms with E-state index in [1.807, 2.05) is 44.2 Å². The summed E-state index contributed by atoms with van der Waals surface area (Å²) in [6, 6.07) is 12.3. The van der Waals surface area contributed by atoms with Crippen LogP contribution in [0.15, 0.2) is 64.5 Å². The first-order valence-corrected chi connectivity index (χ1v) is 17.5. The van der Waals surface area contributed by atoms with E-state index < -0.39 is 45.9 Å². The van der Waals surface area contributed by atoms with Gasteiger partial charge in [-0.3, -0.25) is 19.4 Å². The Labute approximate surface area is 289 Å². The highest BCUT2D eigenvalue weighted by Gasteiger charge is 2.38. The van der Waals surface area contributed by atoms with Gasteiger partial charge in [0.15, 0.2) is 5.96 Å². The standard InChI is InChI=1S/C33H47N7O6S.ClH/c1-3-19-39(20-4-2)47(45,46)27-16-14-25(15-17-27)30(42)38-28(22-24-10-6-5-7-11-24)32(44)40-21-9-13-29(40)31(43)37-26(23-41)12-8-18-36-33(34)35;/h5-7,10-11,14-17,23,26,28-29H,3-4,8-9,12-13,18-22H2,1-2H3,(H,37,43)(H,38,42)(H4,34,35,36);1H/t26-,28+,29-;/m0./s1. The van der Waals surface area contributed by atoms with Crippen molar-refractivity contribution in [3.05, 3.63) is 65.7 Å². The molecule has 0 spiro atoms. The van der Waals surface area contributed by atoms with Crippen LogP contribution in [0.4, 0.5) is 0 Å². The normalized spacial score (nSPS) is 15.6. The van der Waals surface area contributed by atoms with Crippen LogP contribution in [-0.2, 0) is 30.8 Å². The number of rotatable bonds is 18. The van der Waals surface area contributed by atoms with Crippen molar-refractivity contribution in [3.8, 4) is 0 Å². The molecule has 264 valence electrons. The van der Waals surface area contributed by atoms with E-state index in [0.29, 0.717) is 71.0 Å². The molecule has 0 saturated carbocycles. The molecule has 0 aromatic heterocycles. The van der Waals surface area contributed by atoms with Gasteiger partial charge < -0.3 is 31.8 Å². The summed E-state index contributed by atoms with van der Waals surface area (Å²) >= 11 is 0. The van der Waals surface area contributed by atoms with Crippen LogP contribution < -0.4 is 22.1 Å². The van der Waals surface area contributed by atoms with Gasteiger partial charge in [-0.1, -0.05) is 44.2 Å². The number of halogens is 1. The molecule has 13 nitrogen and oxygen atoms in total. The molecule has 1 aliphatic heterocycles. The van der Waals surface area contributed by atoms with Crippen molar-refractivity contribution in [1.29, 1.82) is 0 Å². The zero-order chi connectivity index (χ0) is 34.4. The van der Waals surface area contributed by atoms with Crippen LogP contribution in [0.3, 0.4) is 0 Å². The fourth-order valence-corrected chi connectivity index (χ4v) is 7.17. The Morgan fingerprint density at radius 3 is 2.25 bits per heavy atom.